The molecule has 0 saturated carbocycles. The predicted octanol–water partition coefficient (Wildman–Crippen LogP) is 2.02. The summed E-state index contributed by atoms with van der Waals surface area (Å²) in [6, 6.07) is 1.70. The molecule has 18 heavy (non-hydrogen) atoms. The van der Waals surface area contributed by atoms with Crippen LogP contribution in [0.15, 0.2) is 0 Å². The topological polar surface area (TPSA) is 24.5 Å². The first-order valence-corrected chi connectivity index (χ1v) is 7.93. The van der Waals surface area contributed by atoms with Gasteiger partial charge in [0, 0.05) is 25.2 Å². The average Bonchev–Trinajstić information content (AvgIpc) is 2.76. The molecular weight excluding hydrogens is 224 g/mol. The zero-order chi connectivity index (χ0) is 12.4. The van der Waals surface area contributed by atoms with Crippen molar-refractivity contribution in [2.45, 2.75) is 63.6 Å². The van der Waals surface area contributed by atoms with Gasteiger partial charge in [0.2, 0.25) is 0 Å². The van der Waals surface area contributed by atoms with Gasteiger partial charge in [0.05, 0.1) is 12.7 Å². The highest BCUT2D eigenvalue weighted by molar-refractivity contribution is 4.92. The number of hydrogen-bond donors (Lipinski definition) is 1. The van der Waals surface area contributed by atoms with Crippen LogP contribution >= 0.6 is 0 Å². The van der Waals surface area contributed by atoms with Gasteiger partial charge >= 0.3 is 0 Å². The number of hydrogen-bond acceptors (Lipinski definition) is 3. The third-order valence-corrected chi connectivity index (χ3v) is 5.10. The van der Waals surface area contributed by atoms with E-state index in [1.807, 2.05) is 0 Å². The monoisotopic (exact) mass is 252 g/mol. The first-order chi connectivity index (χ1) is 8.83. The Balaban J connectivity index is 1.41. The first-order valence-electron chi connectivity index (χ1n) is 7.93. The summed E-state index contributed by atoms with van der Waals surface area (Å²) < 4.78 is 5.74. The van der Waals surface area contributed by atoms with Gasteiger partial charge in [-0.2, -0.15) is 0 Å². The summed E-state index contributed by atoms with van der Waals surface area (Å²) in [5, 5.41) is 3.74. The Morgan fingerprint density at radius 3 is 2.72 bits per heavy atom. The van der Waals surface area contributed by atoms with E-state index in [0.29, 0.717) is 6.10 Å². The van der Waals surface area contributed by atoms with Gasteiger partial charge in [-0.1, -0.05) is 6.92 Å². The first kappa shape index (κ1) is 12.9. The van der Waals surface area contributed by atoms with Crippen LogP contribution in [0, 0.1) is 5.92 Å². The van der Waals surface area contributed by atoms with Crippen molar-refractivity contribution in [3.8, 4) is 0 Å². The van der Waals surface area contributed by atoms with Gasteiger partial charge in [-0.15, -0.1) is 0 Å². The highest BCUT2D eigenvalue weighted by Gasteiger charge is 2.33. The molecule has 3 unspecified atom stereocenters. The largest absolute Gasteiger partial charge is 0.376 e. The van der Waals surface area contributed by atoms with Crippen LogP contribution in [0.5, 0.6) is 0 Å². The molecule has 3 saturated heterocycles. The Bertz CT molecular complexity index is 259. The van der Waals surface area contributed by atoms with E-state index in [2.05, 4.69) is 17.1 Å². The molecule has 3 atom stereocenters. The van der Waals surface area contributed by atoms with E-state index in [1.54, 1.807) is 0 Å². The molecule has 3 fully saturated rings. The fraction of sp³-hybridized carbons (Fsp3) is 1.00. The number of fused-ring (bicyclic) bond motifs is 2. The summed E-state index contributed by atoms with van der Waals surface area (Å²) in [6.45, 7) is 6.78. The summed E-state index contributed by atoms with van der Waals surface area (Å²) in [6.07, 6.45) is 8.77. The highest BCUT2D eigenvalue weighted by atomic mass is 16.5. The Labute approximate surface area is 111 Å². The Hall–Kier alpha value is -0.120. The quantitative estimate of drug-likeness (QED) is 0.828. The minimum atomic E-state index is 0.489. The molecule has 1 N–H and O–H groups in total. The second kappa shape index (κ2) is 5.89. The van der Waals surface area contributed by atoms with Crippen LogP contribution in [0.2, 0.25) is 0 Å². The second-order valence-corrected chi connectivity index (χ2v) is 6.47. The van der Waals surface area contributed by atoms with Crippen molar-refractivity contribution in [3.63, 3.8) is 0 Å². The van der Waals surface area contributed by atoms with E-state index in [9.17, 15) is 0 Å². The molecule has 3 aliphatic rings. The molecule has 104 valence electrons. The third kappa shape index (κ3) is 3.06. The van der Waals surface area contributed by atoms with Crippen molar-refractivity contribution in [1.82, 2.24) is 10.2 Å². The highest BCUT2D eigenvalue weighted by Crippen LogP contribution is 2.32. The lowest BCUT2D eigenvalue weighted by Crippen LogP contribution is -2.44. The molecule has 0 aromatic carbocycles. The summed E-state index contributed by atoms with van der Waals surface area (Å²) in [5.74, 6) is 0.978. The van der Waals surface area contributed by atoms with E-state index in [4.69, 9.17) is 4.74 Å². The molecule has 3 aliphatic heterocycles. The maximum Gasteiger partial charge on any atom is 0.0700 e. The molecule has 3 nitrogen and oxygen atoms in total. The summed E-state index contributed by atoms with van der Waals surface area (Å²) in [5.41, 5.74) is 0. The number of piperidine rings is 1. The molecule has 0 aromatic heterocycles. The number of morpholine rings is 1. The molecule has 3 heteroatoms. The van der Waals surface area contributed by atoms with Crippen molar-refractivity contribution in [1.29, 1.82) is 0 Å². The van der Waals surface area contributed by atoms with Gasteiger partial charge in [-0.25, -0.2) is 0 Å². The summed E-state index contributed by atoms with van der Waals surface area (Å²) in [7, 11) is 0. The van der Waals surface area contributed by atoms with Crippen LogP contribution < -0.4 is 5.32 Å². The van der Waals surface area contributed by atoms with Crippen molar-refractivity contribution in [2.24, 2.45) is 5.92 Å². The SMILES string of the molecule is CCC1CN(CCC2CC3CCC(C2)N3)CCO1. The van der Waals surface area contributed by atoms with E-state index < -0.39 is 0 Å². The Morgan fingerprint density at radius 1 is 1.22 bits per heavy atom. The predicted molar refractivity (Wildman–Crippen MR) is 73.8 cm³/mol. The van der Waals surface area contributed by atoms with Crippen LogP contribution in [-0.4, -0.2) is 49.3 Å². The fourth-order valence-electron chi connectivity index (χ4n) is 4.01. The van der Waals surface area contributed by atoms with Gasteiger partial charge < -0.3 is 10.1 Å². The Morgan fingerprint density at radius 2 is 2.00 bits per heavy atom. The Kier molecular flexibility index (Phi) is 4.22. The number of nitrogens with one attached hydrogen (secondary N) is 1. The summed E-state index contributed by atoms with van der Waals surface area (Å²) in [4.78, 5) is 2.63. The summed E-state index contributed by atoms with van der Waals surface area (Å²) >= 11 is 0. The zero-order valence-corrected chi connectivity index (χ0v) is 11.7. The van der Waals surface area contributed by atoms with E-state index in [-0.39, 0.29) is 0 Å². The minimum Gasteiger partial charge on any atom is -0.376 e. The van der Waals surface area contributed by atoms with Gasteiger partial charge in [0.15, 0.2) is 0 Å². The van der Waals surface area contributed by atoms with E-state index in [0.717, 1.165) is 44.1 Å². The third-order valence-electron chi connectivity index (χ3n) is 5.10. The smallest absolute Gasteiger partial charge is 0.0700 e. The normalized spacial score (nSPS) is 41.2. The molecule has 3 heterocycles. The second-order valence-electron chi connectivity index (χ2n) is 6.47. The molecule has 2 bridgehead atoms. The van der Waals surface area contributed by atoms with Gasteiger partial charge in [-0.05, 0) is 51.0 Å². The molecule has 0 amide bonds. The van der Waals surface area contributed by atoms with Crippen LogP contribution in [0.1, 0.15) is 45.4 Å². The standard InChI is InChI=1S/C15H28N2O/c1-2-15-11-17(7-8-18-15)6-5-12-9-13-3-4-14(10-12)16-13/h12-16H,2-11H2,1H3. The van der Waals surface area contributed by atoms with E-state index >= 15 is 0 Å². The lowest BCUT2D eigenvalue weighted by atomic mass is 9.89. The van der Waals surface area contributed by atoms with Crippen molar-refractivity contribution >= 4 is 0 Å². The average molecular weight is 252 g/mol. The van der Waals surface area contributed by atoms with Crippen LogP contribution in [0.4, 0.5) is 0 Å². The van der Waals surface area contributed by atoms with E-state index in [1.165, 1.54) is 38.6 Å². The van der Waals surface area contributed by atoms with Crippen molar-refractivity contribution in [2.75, 3.05) is 26.2 Å². The molecule has 0 radical (unpaired) electrons. The maximum atomic E-state index is 5.74. The lowest BCUT2D eigenvalue weighted by Gasteiger charge is -2.35. The van der Waals surface area contributed by atoms with Gasteiger partial charge in [0.25, 0.3) is 0 Å². The van der Waals surface area contributed by atoms with Crippen molar-refractivity contribution in [3.05, 3.63) is 0 Å². The van der Waals surface area contributed by atoms with Crippen LogP contribution in [0.25, 0.3) is 0 Å². The zero-order valence-electron chi connectivity index (χ0n) is 11.7. The molecule has 0 aromatic rings. The van der Waals surface area contributed by atoms with Crippen LogP contribution in [0.3, 0.4) is 0 Å². The van der Waals surface area contributed by atoms with Gasteiger partial charge in [0.1, 0.15) is 0 Å². The molecule has 0 spiro atoms. The lowest BCUT2D eigenvalue weighted by molar-refractivity contribution is -0.0314. The fourth-order valence-corrected chi connectivity index (χ4v) is 4.01. The maximum absolute atomic E-state index is 5.74. The number of ether oxygens (including phenoxy) is 1. The number of rotatable bonds is 4. The number of nitrogens with zero attached hydrogens (tertiary/aromatic N) is 1. The molecule has 3 rings (SSSR count). The van der Waals surface area contributed by atoms with Gasteiger partial charge in [-0.3, -0.25) is 4.90 Å². The molecular formula is C15H28N2O. The molecule has 0 aliphatic carbocycles. The van der Waals surface area contributed by atoms with Crippen molar-refractivity contribution < 1.29 is 4.74 Å². The van der Waals surface area contributed by atoms with Crippen LogP contribution in [-0.2, 0) is 4.74 Å². The minimum absolute atomic E-state index is 0.489.